The fourth-order valence-electron chi connectivity index (χ4n) is 2.60. The normalized spacial score (nSPS) is 14.5. The highest BCUT2D eigenvalue weighted by Crippen LogP contribution is 2.52. The van der Waals surface area contributed by atoms with Crippen molar-refractivity contribution in [3.8, 4) is 0 Å². The summed E-state index contributed by atoms with van der Waals surface area (Å²) in [4.78, 5) is 0. The maximum Gasteiger partial charge on any atom is 0.349 e. The van der Waals surface area contributed by atoms with Crippen LogP contribution in [0.15, 0.2) is 0 Å². The van der Waals surface area contributed by atoms with Crippen molar-refractivity contribution in [2.45, 2.75) is 79.3 Å². The Morgan fingerprint density at radius 3 is 1.11 bits per heavy atom. The molecule has 0 atom stereocenters. The first-order chi connectivity index (χ1) is 8.33. The van der Waals surface area contributed by atoms with E-state index in [-0.39, 0.29) is 10.1 Å². The van der Waals surface area contributed by atoms with Gasteiger partial charge in [-0.15, -0.1) is 0 Å². The molecule has 0 aliphatic heterocycles. The van der Waals surface area contributed by atoms with Crippen LogP contribution < -0.4 is 0 Å². The lowest BCUT2D eigenvalue weighted by molar-refractivity contribution is 0.102. The summed E-state index contributed by atoms with van der Waals surface area (Å²) >= 11 is 0. The highest BCUT2D eigenvalue weighted by atomic mass is 28.4. The average molecular weight is 289 g/mol. The summed E-state index contributed by atoms with van der Waals surface area (Å²) in [5.41, 5.74) is 0. The highest BCUT2D eigenvalue weighted by molar-refractivity contribution is 6.73. The van der Waals surface area contributed by atoms with Crippen LogP contribution in [-0.4, -0.2) is 21.8 Å². The third kappa shape index (κ3) is 5.20. The van der Waals surface area contributed by atoms with Crippen molar-refractivity contribution in [1.29, 1.82) is 0 Å². The third-order valence-corrected chi connectivity index (χ3v) is 8.31. The minimum atomic E-state index is -2.32. The smallest absolute Gasteiger partial charge is 0.349 e. The van der Waals surface area contributed by atoms with E-state index >= 15 is 0 Å². The Morgan fingerprint density at radius 2 is 0.947 bits per heavy atom. The predicted octanol–water partition coefficient (Wildman–Crippen LogP) is 5.37. The maximum absolute atomic E-state index is 6.49. The molecule has 0 rings (SSSR count). The summed E-state index contributed by atoms with van der Waals surface area (Å²) in [7, 11) is -2.32. The van der Waals surface area contributed by atoms with Crippen LogP contribution in [0.1, 0.15) is 69.2 Å². The van der Waals surface area contributed by atoms with Crippen molar-refractivity contribution in [2.75, 3.05) is 13.2 Å². The summed E-state index contributed by atoms with van der Waals surface area (Å²) < 4.78 is 13.0. The van der Waals surface area contributed by atoms with Crippen molar-refractivity contribution in [3.63, 3.8) is 0 Å². The summed E-state index contributed by atoms with van der Waals surface area (Å²) in [6.07, 6.45) is 0. The molecular weight excluding hydrogens is 252 g/mol. The van der Waals surface area contributed by atoms with E-state index in [9.17, 15) is 0 Å². The molecule has 0 aromatic carbocycles. The zero-order chi connectivity index (χ0) is 15.5. The zero-order valence-corrected chi connectivity index (χ0v) is 15.9. The molecule has 0 heterocycles. The van der Waals surface area contributed by atoms with Crippen molar-refractivity contribution in [2.24, 2.45) is 11.8 Å². The van der Waals surface area contributed by atoms with Gasteiger partial charge in [-0.25, -0.2) is 0 Å². The van der Waals surface area contributed by atoms with E-state index in [1.807, 2.05) is 0 Å². The quantitative estimate of drug-likeness (QED) is 0.611. The molecule has 0 N–H and O–H groups in total. The SMILES string of the molecule is CC(C)CO[Si](OCC(C)C)(C(C)(C)C)C(C)(C)C. The van der Waals surface area contributed by atoms with E-state index in [4.69, 9.17) is 8.85 Å². The van der Waals surface area contributed by atoms with Crippen molar-refractivity contribution in [3.05, 3.63) is 0 Å². The molecule has 0 aliphatic rings. The molecule has 0 spiro atoms. The molecule has 0 aromatic rings. The van der Waals surface area contributed by atoms with E-state index in [0.717, 1.165) is 13.2 Å². The molecule has 19 heavy (non-hydrogen) atoms. The Bertz CT molecular complexity index is 231. The molecule has 116 valence electrons. The van der Waals surface area contributed by atoms with Gasteiger partial charge in [-0.1, -0.05) is 69.2 Å². The number of hydrogen-bond donors (Lipinski definition) is 0. The van der Waals surface area contributed by atoms with Crippen LogP contribution in [0.5, 0.6) is 0 Å². The Kier molecular flexibility index (Phi) is 6.78. The minimum Gasteiger partial charge on any atom is -0.393 e. The van der Waals surface area contributed by atoms with Gasteiger partial charge in [0.2, 0.25) is 0 Å². The van der Waals surface area contributed by atoms with E-state index in [0.29, 0.717) is 11.8 Å². The first kappa shape index (κ1) is 19.1. The van der Waals surface area contributed by atoms with E-state index in [2.05, 4.69) is 69.2 Å². The molecule has 0 aromatic heterocycles. The van der Waals surface area contributed by atoms with Crippen LogP contribution in [0.4, 0.5) is 0 Å². The van der Waals surface area contributed by atoms with Gasteiger partial charge in [0.1, 0.15) is 0 Å². The standard InChI is InChI=1S/C16H36O2Si/c1-13(2)11-17-19(15(5,6)7,16(8,9)10)18-12-14(3)4/h13-14H,11-12H2,1-10H3. The topological polar surface area (TPSA) is 18.5 Å². The molecule has 3 heteroatoms. The predicted molar refractivity (Wildman–Crippen MR) is 86.8 cm³/mol. The van der Waals surface area contributed by atoms with E-state index in [1.54, 1.807) is 0 Å². The van der Waals surface area contributed by atoms with E-state index in [1.165, 1.54) is 0 Å². The fourth-order valence-corrected chi connectivity index (χ4v) is 7.80. The molecule has 0 radical (unpaired) electrons. The third-order valence-electron chi connectivity index (χ3n) is 3.21. The maximum atomic E-state index is 6.49. The van der Waals surface area contributed by atoms with Crippen molar-refractivity contribution >= 4 is 8.56 Å². The van der Waals surface area contributed by atoms with Crippen LogP contribution in [0, 0.1) is 11.8 Å². The molecule has 0 bridgehead atoms. The van der Waals surface area contributed by atoms with Gasteiger partial charge < -0.3 is 8.85 Å². The molecule has 2 nitrogen and oxygen atoms in total. The second-order valence-electron chi connectivity index (χ2n) is 8.53. The molecule has 0 saturated heterocycles. The van der Waals surface area contributed by atoms with Crippen LogP contribution in [-0.2, 0) is 8.85 Å². The van der Waals surface area contributed by atoms with Crippen molar-refractivity contribution in [1.82, 2.24) is 0 Å². The monoisotopic (exact) mass is 288 g/mol. The van der Waals surface area contributed by atoms with Crippen LogP contribution in [0.3, 0.4) is 0 Å². The van der Waals surface area contributed by atoms with E-state index < -0.39 is 8.56 Å². The van der Waals surface area contributed by atoms with Gasteiger partial charge in [-0.3, -0.25) is 0 Å². The Morgan fingerprint density at radius 1 is 0.684 bits per heavy atom. The largest absolute Gasteiger partial charge is 0.393 e. The second kappa shape index (κ2) is 6.73. The lowest BCUT2D eigenvalue weighted by Gasteiger charge is -2.49. The molecular formula is C16H36O2Si. The average Bonchev–Trinajstić information content (AvgIpc) is 2.12. The number of hydrogen-bond acceptors (Lipinski definition) is 2. The molecule has 0 aliphatic carbocycles. The number of rotatable bonds is 6. The van der Waals surface area contributed by atoms with Crippen LogP contribution >= 0.6 is 0 Å². The lowest BCUT2D eigenvalue weighted by Crippen LogP contribution is -2.58. The van der Waals surface area contributed by atoms with Gasteiger partial charge in [0.25, 0.3) is 0 Å². The molecule has 0 saturated carbocycles. The minimum absolute atomic E-state index is 0.0645. The van der Waals surface area contributed by atoms with Crippen LogP contribution in [0.2, 0.25) is 10.1 Å². The van der Waals surface area contributed by atoms with Gasteiger partial charge in [0.05, 0.1) is 0 Å². The lowest BCUT2D eigenvalue weighted by atomic mass is 10.2. The van der Waals surface area contributed by atoms with Crippen molar-refractivity contribution < 1.29 is 8.85 Å². The van der Waals surface area contributed by atoms with Crippen LogP contribution in [0.25, 0.3) is 0 Å². The Hall–Kier alpha value is 0.137. The highest BCUT2D eigenvalue weighted by Gasteiger charge is 2.58. The molecule has 0 amide bonds. The summed E-state index contributed by atoms with van der Waals surface area (Å²) in [5.74, 6) is 1.08. The first-order valence-electron chi connectivity index (χ1n) is 7.61. The second-order valence-corrected chi connectivity index (χ2v) is 13.3. The van der Waals surface area contributed by atoms with Gasteiger partial charge in [-0.2, -0.15) is 0 Å². The zero-order valence-electron chi connectivity index (χ0n) is 14.9. The molecule has 0 fully saturated rings. The van der Waals surface area contributed by atoms with Gasteiger partial charge in [0.15, 0.2) is 0 Å². The Balaban J connectivity index is 5.35. The van der Waals surface area contributed by atoms with Gasteiger partial charge >= 0.3 is 8.56 Å². The summed E-state index contributed by atoms with van der Waals surface area (Å²) in [5, 5.41) is 0.129. The molecule has 0 unspecified atom stereocenters. The Labute approximate surface area is 122 Å². The van der Waals surface area contributed by atoms with Gasteiger partial charge in [-0.05, 0) is 11.8 Å². The van der Waals surface area contributed by atoms with Gasteiger partial charge in [0, 0.05) is 23.3 Å². The first-order valence-corrected chi connectivity index (χ1v) is 9.43. The fraction of sp³-hybridized carbons (Fsp3) is 1.00. The summed E-state index contributed by atoms with van der Waals surface area (Å²) in [6, 6.07) is 0. The summed E-state index contributed by atoms with van der Waals surface area (Å²) in [6.45, 7) is 24.0.